The van der Waals surface area contributed by atoms with Gasteiger partial charge in [0.15, 0.2) is 0 Å². The molecule has 0 unspecified atom stereocenters. The molecule has 1 nitrogen and oxygen atoms in total. The molecule has 0 aliphatic carbocycles. The number of benzene rings is 3. The molecule has 19 heavy (non-hydrogen) atoms. The van der Waals surface area contributed by atoms with Gasteiger partial charge in [0.05, 0.1) is 0 Å². The van der Waals surface area contributed by atoms with E-state index >= 15 is 0 Å². The van der Waals surface area contributed by atoms with Crippen molar-refractivity contribution in [3.8, 4) is 0 Å². The first-order valence-corrected chi connectivity index (χ1v) is 6.59. The van der Waals surface area contributed by atoms with Crippen molar-refractivity contribution in [3.63, 3.8) is 0 Å². The Labute approximate surface area is 117 Å². The van der Waals surface area contributed by atoms with E-state index in [2.05, 4.69) is 29.6 Å². The number of hydrogen-bond acceptors (Lipinski definition) is 1. The van der Waals surface area contributed by atoms with Gasteiger partial charge in [-0.2, -0.15) is 0 Å². The molecule has 0 saturated carbocycles. The van der Waals surface area contributed by atoms with Gasteiger partial charge in [0.1, 0.15) is 4.99 Å². The molecule has 3 aromatic carbocycles. The highest BCUT2D eigenvalue weighted by molar-refractivity contribution is 7.81. The molecule has 3 rings (SSSR count). The summed E-state index contributed by atoms with van der Waals surface area (Å²) in [6.45, 7) is 0. The topological polar surface area (TPSA) is 12.0 Å². The van der Waals surface area contributed by atoms with E-state index in [0.717, 1.165) is 16.2 Å². The lowest BCUT2D eigenvalue weighted by Crippen LogP contribution is -2.10. The van der Waals surface area contributed by atoms with Crippen molar-refractivity contribution in [1.82, 2.24) is 0 Å². The molecule has 2 heteroatoms. The number of hydrogen-bond donors (Lipinski definition) is 1. The van der Waals surface area contributed by atoms with E-state index in [4.69, 9.17) is 12.2 Å². The van der Waals surface area contributed by atoms with Crippen molar-refractivity contribution >= 4 is 33.7 Å². The second-order valence-electron chi connectivity index (χ2n) is 4.35. The van der Waals surface area contributed by atoms with E-state index in [1.54, 1.807) is 0 Å². The Kier molecular flexibility index (Phi) is 3.25. The third-order valence-corrected chi connectivity index (χ3v) is 3.41. The molecule has 0 amide bonds. The molecular formula is C17H13NS. The molecule has 0 aliphatic rings. The zero-order chi connectivity index (χ0) is 13.1. The SMILES string of the molecule is S=C(Nc1cccc2ccccc12)c1ccccc1. The second kappa shape index (κ2) is 5.21. The quantitative estimate of drug-likeness (QED) is 0.677. The van der Waals surface area contributed by atoms with Gasteiger partial charge in [-0.3, -0.25) is 0 Å². The number of anilines is 1. The Morgan fingerprint density at radius 2 is 1.42 bits per heavy atom. The summed E-state index contributed by atoms with van der Waals surface area (Å²) < 4.78 is 0. The van der Waals surface area contributed by atoms with E-state index in [0.29, 0.717) is 0 Å². The van der Waals surface area contributed by atoms with Gasteiger partial charge < -0.3 is 5.32 Å². The number of nitrogens with one attached hydrogen (secondary N) is 1. The average Bonchev–Trinajstić information content (AvgIpc) is 2.48. The third kappa shape index (κ3) is 2.49. The molecule has 0 aromatic heterocycles. The van der Waals surface area contributed by atoms with Gasteiger partial charge in [0.25, 0.3) is 0 Å². The summed E-state index contributed by atoms with van der Waals surface area (Å²) in [5, 5.41) is 5.73. The lowest BCUT2D eigenvalue weighted by atomic mass is 10.1. The number of thiocarbonyl (C=S) groups is 1. The van der Waals surface area contributed by atoms with Crippen molar-refractivity contribution in [2.24, 2.45) is 0 Å². The van der Waals surface area contributed by atoms with E-state index in [-0.39, 0.29) is 0 Å². The van der Waals surface area contributed by atoms with E-state index in [9.17, 15) is 0 Å². The van der Waals surface area contributed by atoms with Crippen LogP contribution in [0.3, 0.4) is 0 Å². The first-order chi connectivity index (χ1) is 9.34. The zero-order valence-corrected chi connectivity index (χ0v) is 11.2. The van der Waals surface area contributed by atoms with Crippen molar-refractivity contribution in [2.75, 3.05) is 5.32 Å². The van der Waals surface area contributed by atoms with Crippen LogP contribution in [-0.2, 0) is 0 Å². The predicted molar refractivity (Wildman–Crippen MR) is 85.7 cm³/mol. The maximum atomic E-state index is 5.45. The summed E-state index contributed by atoms with van der Waals surface area (Å²) in [7, 11) is 0. The summed E-state index contributed by atoms with van der Waals surface area (Å²) in [5.41, 5.74) is 2.08. The van der Waals surface area contributed by atoms with Crippen LogP contribution in [-0.4, -0.2) is 4.99 Å². The lowest BCUT2D eigenvalue weighted by molar-refractivity contribution is 1.63. The van der Waals surface area contributed by atoms with Crippen LogP contribution in [0.15, 0.2) is 72.8 Å². The fourth-order valence-electron chi connectivity index (χ4n) is 2.12. The van der Waals surface area contributed by atoms with Crippen LogP contribution in [0.4, 0.5) is 5.69 Å². The van der Waals surface area contributed by atoms with Gasteiger partial charge >= 0.3 is 0 Å². The molecule has 0 atom stereocenters. The molecule has 1 N–H and O–H groups in total. The van der Waals surface area contributed by atoms with Gasteiger partial charge in [-0.1, -0.05) is 78.9 Å². The van der Waals surface area contributed by atoms with Gasteiger partial charge in [-0.15, -0.1) is 0 Å². The Balaban J connectivity index is 1.96. The summed E-state index contributed by atoms with van der Waals surface area (Å²) in [6, 6.07) is 24.5. The van der Waals surface area contributed by atoms with Gasteiger partial charge in [0.2, 0.25) is 0 Å². The van der Waals surface area contributed by atoms with E-state index in [1.165, 1.54) is 10.8 Å². The largest absolute Gasteiger partial charge is 0.346 e. The van der Waals surface area contributed by atoms with Crippen LogP contribution in [0.25, 0.3) is 10.8 Å². The Hall–Kier alpha value is -2.19. The molecule has 0 saturated heterocycles. The first-order valence-electron chi connectivity index (χ1n) is 6.19. The summed E-state index contributed by atoms with van der Waals surface area (Å²) in [5.74, 6) is 0. The summed E-state index contributed by atoms with van der Waals surface area (Å²) >= 11 is 5.45. The molecule has 0 bridgehead atoms. The van der Waals surface area contributed by atoms with Crippen LogP contribution in [0, 0.1) is 0 Å². The molecule has 0 heterocycles. The van der Waals surface area contributed by atoms with Crippen molar-refractivity contribution in [1.29, 1.82) is 0 Å². The van der Waals surface area contributed by atoms with Crippen LogP contribution >= 0.6 is 12.2 Å². The molecular weight excluding hydrogens is 250 g/mol. The van der Waals surface area contributed by atoms with Crippen molar-refractivity contribution in [3.05, 3.63) is 78.4 Å². The standard InChI is InChI=1S/C17H13NS/c19-17(14-8-2-1-3-9-14)18-16-12-6-10-13-7-4-5-11-15(13)16/h1-12H,(H,18,19). The maximum Gasteiger partial charge on any atom is 0.111 e. The third-order valence-electron chi connectivity index (χ3n) is 3.07. The minimum absolute atomic E-state index is 0.747. The molecule has 0 radical (unpaired) electrons. The highest BCUT2D eigenvalue weighted by atomic mass is 32.1. The Bertz CT molecular complexity index is 714. The van der Waals surface area contributed by atoms with Gasteiger partial charge in [-0.25, -0.2) is 0 Å². The highest BCUT2D eigenvalue weighted by Crippen LogP contribution is 2.23. The molecule has 0 fully saturated rings. The van der Waals surface area contributed by atoms with Crippen LogP contribution in [0.5, 0.6) is 0 Å². The minimum atomic E-state index is 0.747. The molecule has 0 spiro atoms. The number of rotatable bonds is 2. The normalized spacial score (nSPS) is 10.3. The highest BCUT2D eigenvalue weighted by Gasteiger charge is 2.03. The fraction of sp³-hybridized carbons (Fsp3) is 0. The average molecular weight is 263 g/mol. The van der Waals surface area contributed by atoms with Gasteiger partial charge in [-0.05, 0) is 11.5 Å². The van der Waals surface area contributed by atoms with Crippen LogP contribution in [0.2, 0.25) is 0 Å². The van der Waals surface area contributed by atoms with Crippen molar-refractivity contribution < 1.29 is 0 Å². The molecule has 92 valence electrons. The van der Waals surface area contributed by atoms with E-state index in [1.807, 2.05) is 48.5 Å². The Morgan fingerprint density at radius 1 is 0.737 bits per heavy atom. The predicted octanol–water partition coefficient (Wildman–Crippen LogP) is 4.63. The fourth-order valence-corrected chi connectivity index (χ4v) is 2.36. The van der Waals surface area contributed by atoms with Gasteiger partial charge in [0, 0.05) is 16.6 Å². The molecule has 0 aliphatic heterocycles. The monoisotopic (exact) mass is 263 g/mol. The van der Waals surface area contributed by atoms with Crippen LogP contribution in [0.1, 0.15) is 5.56 Å². The lowest BCUT2D eigenvalue weighted by Gasteiger charge is -2.10. The van der Waals surface area contributed by atoms with Crippen molar-refractivity contribution in [2.45, 2.75) is 0 Å². The summed E-state index contributed by atoms with van der Waals surface area (Å²) in [4.78, 5) is 0.747. The number of fused-ring (bicyclic) bond motifs is 1. The molecule has 3 aromatic rings. The van der Waals surface area contributed by atoms with Crippen LogP contribution < -0.4 is 5.32 Å². The smallest absolute Gasteiger partial charge is 0.111 e. The first kappa shape index (κ1) is 11.9. The Morgan fingerprint density at radius 3 is 2.26 bits per heavy atom. The summed E-state index contributed by atoms with van der Waals surface area (Å²) in [6.07, 6.45) is 0. The maximum absolute atomic E-state index is 5.45. The zero-order valence-electron chi connectivity index (χ0n) is 10.3. The second-order valence-corrected chi connectivity index (χ2v) is 4.76. The minimum Gasteiger partial charge on any atom is -0.346 e. The van der Waals surface area contributed by atoms with E-state index < -0.39 is 0 Å².